The molecule has 3 N–H and O–H groups in total. The predicted molar refractivity (Wildman–Crippen MR) is 80.7 cm³/mol. The first-order chi connectivity index (χ1) is 9.31. The third-order valence-electron chi connectivity index (χ3n) is 2.62. The van der Waals surface area contributed by atoms with Gasteiger partial charge in [-0.2, -0.15) is 0 Å². The summed E-state index contributed by atoms with van der Waals surface area (Å²) < 4.78 is 37.8. The Morgan fingerprint density at radius 1 is 1.30 bits per heavy atom. The number of ether oxygens (including phenoxy) is 2. The number of sulfonamides is 1. The number of hydrogen-bond acceptors (Lipinski definition) is 5. The molecule has 0 saturated carbocycles. The van der Waals surface area contributed by atoms with Gasteiger partial charge in [0.05, 0.1) is 18.7 Å². The Labute approximate surface area is 127 Å². The molecule has 114 valence electrons. The van der Waals surface area contributed by atoms with Crippen molar-refractivity contribution in [3.8, 4) is 11.5 Å². The number of rotatable bonds is 7. The Hall–Kier alpha value is -0.830. The normalized spacial score (nSPS) is 13.1. The van der Waals surface area contributed by atoms with E-state index in [4.69, 9.17) is 15.2 Å². The molecule has 0 aliphatic heterocycles. The van der Waals surface area contributed by atoms with Gasteiger partial charge in [0.15, 0.2) is 0 Å². The molecule has 0 amide bonds. The average molecular weight is 367 g/mol. The van der Waals surface area contributed by atoms with Gasteiger partial charge in [-0.1, -0.05) is 0 Å². The molecule has 0 aliphatic carbocycles. The molecule has 1 aromatic carbocycles. The highest BCUT2D eigenvalue weighted by atomic mass is 79.9. The molecule has 0 saturated heterocycles. The van der Waals surface area contributed by atoms with Crippen LogP contribution in [0, 0.1) is 0 Å². The van der Waals surface area contributed by atoms with Crippen LogP contribution < -0.4 is 19.9 Å². The van der Waals surface area contributed by atoms with Crippen LogP contribution in [0.1, 0.15) is 13.3 Å². The first-order valence-corrected chi connectivity index (χ1v) is 8.26. The van der Waals surface area contributed by atoms with E-state index in [0.29, 0.717) is 16.6 Å². The molecule has 0 aliphatic rings. The summed E-state index contributed by atoms with van der Waals surface area (Å²) in [5.74, 6) is 0.717. The van der Waals surface area contributed by atoms with E-state index in [1.165, 1.54) is 26.4 Å². The zero-order valence-corrected chi connectivity index (χ0v) is 14.0. The van der Waals surface area contributed by atoms with Crippen LogP contribution in [0.3, 0.4) is 0 Å². The second kappa shape index (κ2) is 7.26. The van der Waals surface area contributed by atoms with E-state index < -0.39 is 10.0 Å². The molecule has 0 fully saturated rings. The lowest BCUT2D eigenvalue weighted by atomic mass is 10.3. The van der Waals surface area contributed by atoms with Gasteiger partial charge in [-0.15, -0.1) is 0 Å². The zero-order chi connectivity index (χ0) is 15.3. The van der Waals surface area contributed by atoms with Crippen LogP contribution in [-0.2, 0) is 10.0 Å². The third-order valence-corrected chi connectivity index (χ3v) is 4.72. The summed E-state index contributed by atoms with van der Waals surface area (Å²) >= 11 is 3.26. The summed E-state index contributed by atoms with van der Waals surface area (Å²) in [5, 5.41) is 0. The van der Waals surface area contributed by atoms with Crippen molar-refractivity contribution in [3.05, 3.63) is 16.6 Å². The summed E-state index contributed by atoms with van der Waals surface area (Å²) in [5.41, 5.74) is 5.59. The van der Waals surface area contributed by atoms with Crippen molar-refractivity contribution in [1.82, 2.24) is 4.72 Å². The largest absolute Gasteiger partial charge is 0.495 e. The topological polar surface area (TPSA) is 90.6 Å². The first kappa shape index (κ1) is 17.2. The van der Waals surface area contributed by atoms with E-state index in [1.807, 2.05) is 6.92 Å². The number of nitrogens with one attached hydrogen (secondary N) is 1. The maximum absolute atomic E-state index is 12.3. The molecule has 1 rings (SSSR count). The minimum atomic E-state index is -3.66. The van der Waals surface area contributed by atoms with Crippen molar-refractivity contribution in [2.75, 3.05) is 20.8 Å². The van der Waals surface area contributed by atoms with Crippen molar-refractivity contribution in [1.29, 1.82) is 0 Å². The van der Waals surface area contributed by atoms with Crippen LogP contribution >= 0.6 is 15.9 Å². The number of halogens is 1. The molecule has 1 unspecified atom stereocenters. The van der Waals surface area contributed by atoms with Crippen molar-refractivity contribution in [3.63, 3.8) is 0 Å². The quantitative estimate of drug-likeness (QED) is 0.762. The Morgan fingerprint density at radius 3 is 2.40 bits per heavy atom. The maximum atomic E-state index is 12.3. The van der Waals surface area contributed by atoms with E-state index >= 15 is 0 Å². The van der Waals surface area contributed by atoms with E-state index in [9.17, 15) is 8.42 Å². The lowest BCUT2D eigenvalue weighted by Gasteiger charge is -2.14. The van der Waals surface area contributed by atoms with Crippen LogP contribution in [0.2, 0.25) is 0 Å². The Kier molecular flexibility index (Phi) is 6.25. The highest BCUT2D eigenvalue weighted by Crippen LogP contribution is 2.35. The minimum absolute atomic E-state index is 0.0531. The fourth-order valence-electron chi connectivity index (χ4n) is 1.54. The molecule has 0 bridgehead atoms. The summed E-state index contributed by atoms with van der Waals surface area (Å²) in [6, 6.07) is 2.90. The minimum Gasteiger partial charge on any atom is -0.495 e. The molecule has 6 nitrogen and oxygen atoms in total. The standard InChI is InChI=1S/C12H19BrN2O4S/c1-8(14)4-5-15-20(16,17)12-6-9(13)10(18-2)7-11(12)19-3/h6-8,15H,4-5,14H2,1-3H3. The number of nitrogens with two attached hydrogens (primary N) is 1. The van der Waals surface area contributed by atoms with Crippen LogP contribution in [0.4, 0.5) is 0 Å². The van der Waals surface area contributed by atoms with Gasteiger partial charge in [0.25, 0.3) is 0 Å². The van der Waals surface area contributed by atoms with Gasteiger partial charge in [0.2, 0.25) is 10.0 Å². The number of methoxy groups -OCH3 is 2. The second-order valence-electron chi connectivity index (χ2n) is 4.30. The smallest absolute Gasteiger partial charge is 0.244 e. The predicted octanol–water partition coefficient (Wildman–Crippen LogP) is 1.48. The molecule has 20 heavy (non-hydrogen) atoms. The van der Waals surface area contributed by atoms with Gasteiger partial charge in [-0.25, -0.2) is 13.1 Å². The van der Waals surface area contributed by atoms with Crippen LogP contribution in [0.5, 0.6) is 11.5 Å². The van der Waals surface area contributed by atoms with Gasteiger partial charge in [0, 0.05) is 18.7 Å². The molecule has 0 radical (unpaired) electrons. The second-order valence-corrected chi connectivity index (χ2v) is 6.89. The summed E-state index contributed by atoms with van der Waals surface area (Å²) in [4.78, 5) is 0.0531. The third kappa shape index (κ3) is 4.34. The average Bonchev–Trinajstić information content (AvgIpc) is 2.37. The van der Waals surface area contributed by atoms with Gasteiger partial charge in [-0.05, 0) is 35.3 Å². The lowest BCUT2D eigenvalue weighted by molar-refractivity contribution is 0.384. The Balaban J connectivity index is 3.08. The van der Waals surface area contributed by atoms with Gasteiger partial charge >= 0.3 is 0 Å². The molecule has 1 aromatic rings. The number of hydrogen-bond donors (Lipinski definition) is 2. The van der Waals surface area contributed by atoms with Gasteiger partial charge < -0.3 is 15.2 Å². The first-order valence-electron chi connectivity index (χ1n) is 5.98. The zero-order valence-electron chi connectivity index (χ0n) is 11.6. The van der Waals surface area contributed by atoms with E-state index in [2.05, 4.69) is 20.7 Å². The van der Waals surface area contributed by atoms with E-state index in [-0.39, 0.29) is 23.2 Å². The maximum Gasteiger partial charge on any atom is 0.244 e. The van der Waals surface area contributed by atoms with Gasteiger partial charge in [-0.3, -0.25) is 0 Å². The fraction of sp³-hybridized carbons (Fsp3) is 0.500. The lowest BCUT2D eigenvalue weighted by Crippen LogP contribution is -2.29. The SMILES string of the molecule is COc1cc(OC)c(S(=O)(=O)NCCC(C)N)cc1Br. The van der Waals surface area contributed by atoms with Crippen LogP contribution in [0.25, 0.3) is 0 Å². The van der Waals surface area contributed by atoms with E-state index in [1.54, 1.807) is 0 Å². The molecule has 8 heteroatoms. The summed E-state index contributed by atoms with van der Waals surface area (Å²) in [7, 11) is -0.761. The fourth-order valence-corrected chi connectivity index (χ4v) is 3.42. The van der Waals surface area contributed by atoms with E-state index in [0.717, 1.165) is 0 Å². The molecule has 1 atom stereocenters. The molecular weight excluding hydrogens is 348 g/mol. The van der Waals surface area contributed by atoms with Crippen molar-refractivity contribution in [2.45, 2.75) is 24.3 Å². The summed E-state index contributed by atoms with van der Waals surface area (Å²) in [6.07, 6.45) is 0.554. The van der Waals surface area contributed by atoms with Crippen molar-refractivity contribution < 1.29 is 17.9 Å². The Bertz CT molecular complexity index is 561. The monoisotopic (exact) mass is 366 g/mol. The highest BCUT2D eigenvalue weighted by Gasteiger charge is 2.21. The van der Waals surface area contributed by atoms with Crippen LogP contribution in [-0.4, -0.2) is 35.2 Å². The molecular formula is C12H19BrN2O4S. The van der Waals surface area contributed by atoms with Crippen LogP contribution in [0.15, 0.2) is 21.5 Å². The molecule has 0 aromatic heterocycles. The number of benzene rings is 1. The molecule has 0 spiro atoms. The Morgan fingerprint density at radius 2 is 1.90 bits per heavy atom. The summed E-state index contributed by atoms with van der Waals surface area (Å²) in [6.45, 7) is 2.09. The molecule has 0 heterocycles. The van der Waals surface area contributed by atoms with Crippen molar-refractivity contribution >= 4 is 26.0 Å². The van der Waals surface area contributed by atoms with Gasteiger partial charge in [0.1, 0.15) is 16.4 Å². The van der Waals surface area contributed by atoms with Crippen molar-refractivity contribution in [2.24, 2.45) is 5.73 Å². The highest BCUT2D eigenvalue weighted by molar-refractivity contribution is 9.10.